The van der Waals surface area contributed by atoms with E-state index >= 15 is 0 Å². The Morgan fingerprint density at radius 3 is 3.15 bits per heavy atom. The van der Waals surface area contributed by atoms with E-state index in [1.807, 2.05) is 31.0 Å². The van der Waals surface area contributed by atoms with Crippen LogP contribution in [-0.4, -0.2) is 34.4 Å². The smallest absolute Gasteiger partial charge is 0.0947 e. The third kappa shape index (κ3) is 2.78. The minimum atomic E-state index is 0.354. The van der Waals surface area contributed by atoms with E-state index in [1.165, 1.54) is 16.8 Å². The molecule has 2 aromatic heterocycles. The zero-order valence-corrected chi connectivity index (χ0v) is 12.1. The fraction of sp³-hybridized carbons (Fsp3) is 0.533. The number of aromatic nitrogens is 2. The lowest BCUT2D eigenvalue weighted by Crippen LogP contribution is -2.34. The lowest BCUT2D eigenvalue weighted by atomic mass is 9.97. The second-order valence-corrected chi connectivity index (χ2v) is 5.37. The topological polar surface area (TPSA) is 43.4 Å². The standard InChI is InChI=1S/C15H21N3O2/c1-3-19-11-14-9-18(6-12-4-5-20-10-12)8-13-7-17(2)16-15(13)14/h4-5,7,10,14H,3,6,8-9,11H2,1-2H3/t14-/m1/s1. The summed E-state index contributed by atoms with van der Waals surface area (Å²) in [5, 5.41) is 4.61. The second kappa shape index (κ2) is 5.81. The third-order valence-electron chi connectivity index (χ3n) is 3.71. The van der Waals surface area contributed by atoms with Crippen molar-refractivity contribution < 1.29 is 9.15 Å². The van der Waals surface area contributed by atoms with Gasteiger partial charge < -0.3 is 9.15 Å². The Balaban J connectivity index is 1.76. The van der Waals surface area contributed by atoms with Crippen molar-refractivity contribution in [1.82, 2.24) is 14.7 Å². The van der Waals surface area contributed by atoms with Gasteiger partial charge in [-0.05, 0) is 13.0 Å². The van der Waals surface area contributed by atoms with Gasteiger partial charge in [-0.3, -0.25) is 9.58 Å². The zero-order chi connectivity index (χ0) is 13.9. The van der Waals surface area contributed by atoms with Crippen molar-refractivity contribution >= 4 is 0 Å². The molecule has 0 aromatic carbocycles. The van der Waals surface area contributed by atoms with Gasteiger partial charge in [0.2, 0.25) is 0 Å². The van der Waals surface area contributed by atoms with Crippen LogP contribution in [0.5, 0.6) is 0 Å². The second-order valence-electron chi connectivity index (χ2n) is 5.37. The highest BCUT2D eigenvalue weighted by Gasteiger charge is 2.28. The Labute approximate surface area is 119 Å². The van der Waals surface area contributed by atoms with E-state index < -0.39 is 0 Å². The molecule has 0 fully saturated rings. The van der Waals surface area contributed by atoms with Crippen LogP contribution in [0, 0.1) is 0 Å². The molecule has 0 amide bonds. The molecule has 20 heavy (non-hydrogen) atoms. The number of furan rings is 1. The van der Waals surface area contributed by atoms with Crippen molar-refractivity contribution in [1.29, 1.82) is 0 Å². The molecule has 0 bridgehead atoms. The molecule has 1 aliphatic heterocycles. The summed E-state index contributed by atoms with van der Waals surface area (Å²) in [4.78, 5) is 2.43. The van der Waals surface area contributed by atoms with E-state index in [9.17, 15) is 0 Å². The fourth-order valence-electron chi connectivity index (χ4n) is 2.88. The summed E-state index contributed by atoms with van der Waals surface area (Å²) >= 11 is 0. The van der Waals surface area contributed by atoms with Gasteiger partial charge >= 0.3 is 0 Å². The number of hydrogen-bond donors (Lipinski definition) is 0. The van der Waals surface area contributed by atoms with Crippen LogP contribution in [0.3, 0.4) is 0 Å². The van der Waals surface area contributed by atoms with E-state index in [1.54, 1.807) is 6.26 Å². The summed E-state index contributed by atoms with van der Waals surface area (Å²) in [6, 6.07) is 2.02. The molecule has 5 heteroatoms. The Hall–Kier alpha value is -1.59. The summed E-state index contributed by atoms with van der Waals surface area (Å²) in [6.45, 7) is 6.35. The van der Waals surface area contributed by atoms with Gasteiger partial charge in [0.05, 0.1) is 24.8 Å². The molecular formula is C15H21N3O2. The molecular weight excluding hydrogens is 254 g/mol. The molecule has 0 saturated carbocycles. The van der Waals surface area contributed by atoms with Gasteiger partial charge in [-0.25, -0.2) is 0 Å². The van der Waals surface area contributed by atoms with Gasteiger partial charge in [-0.1, -0.05) is 0 Å². The fourth-order valence-corrected chi connectivity index (χ4v) is 2.88. The largest absolute Gasteiger partial charge is 0.472 e. The molecule has 1 atom stereocenters. The van der Waals surface area contributed by atoms with Crippen LogP contribution >= 0.6 is 0 Å². The van der Waals surface area contributed by atoms with Crippen LogP contribution in [-0.2, 0) is 24.9 Å². The van der Waals surface area contributed by atoms with Crippen molar-refractivity contribution in [2.24, 2.45) is 7.05 Å². The minimum Gasteiger partial charge on any atom is -0.472 e. The van der Waals surface area contributed by atoms with Crippen molar-refractivity contribution in [3.63, 3.8) is 0 Å². The number of aryl methyl sites for hydroxylation is 1. The lowest BCUT2D eigenvalue weighted by molar-refractivity contribution is 0.104. The first-order valence-electron chi connectivity index (χ1n) is 7.10. The summed E-state index contributed by atoms with van der Waals surface area (Å²) in [7, 11) is 1.98. The maximum absolute atomic E-state index is 5.63. The predicted molar refractivity (Wildman–Crippen MR) is 75.3 cm³/mol. The van der Waals surface area contributed by atoms with E-state index in [0.29, 0.717) is 5.92 Å². The predicted octanol–water partition coefficient (Wildman–Crippen LogP) is 2.15. The summed E-state index contributed by atoms with van der Waals surface area (Å²) in [6.07, 6.45) is 5.67. The summed E-state index contributed by atoms with van der Waals surface area (Å²) < 4.78 is 12.7. The van der Waals surface area contributed by atoms with Crippen LogP contribution in [0.25, 0.3) is 0 Å². The maximum atomic E-state index is 5.63. The molecule has 3 rings (SSSR count). The summed E-state index contributed by atoms with van der Waals surface area (Å²) in [5.41, 5.74) is 3.73. The Kier molecular flexibility index (Phi) is 3.89. The van der Waals surface area contributed by atoms with Crippen LogP contribution in [0.2, 0.25) is 0 Å². The molecule has 0 unspecified atom stereocenters. The molecule has 0 N–H and O–H groups in total. The van der Waals surface area contributed by atoms with Crippen LogP contribution in [0.15, 0.2) is 29.2 Å². The van der Waals surface area contributed by atoms with E-state index in [0.717, 1.165) is 32.8 Å². The van der Waals surface area contributed by atoms with Crippen molar-refractivity contribution in [3.8, 4) is 0 Å². The molecule has 108 valence electrons. The highest BCUT2D eigenvalue weighted by atomic mass is 16.5. The average molecular weight is 275 g/mol. The van der Waals surface area contributed by atoms with Gasteiger partial charge in [0.25, 0.3) is 0 Å². The van der Waals surface area contributed by atoms with E-state index in [4.69, 9.17) is 9.15 Å². The molecule has 5 nitrogen and oxygen atoms in total. The number of nitrogens with zero attached hydrogens (tertiary/aromatic N) is 3. The van der Waals surface area contributed by atoms with Crippen molar-refractivity contribution in [3.05, 3.63) is 41.6 Å². The molecule has 0 aliphatic carbocycles. The van der Waals surface area contributed by atoms with Crippen LogP contribution in [0.4, 0.5) is 0 Å². The molecule has 3 heterocycles. The molecule has 0 radical (unpaired) electrons. The zero-order valence-electron chi connectivity index (χ0n) is 12.1. The van der Waals surface area contributed by atoms with E-state index in [2.05, 4.69) is 16.2 Å². The monoisotopic (exact) mass is 275 g/mol. The van der Waals surface area contributed by atoms with Crippen molar-refractivity contribution in [2.45, 2.75) is 25.9 Å². The average Bonchev–Trinajstić information content (AvgIpc) is 3.04. The van der Waals surface area contributed by atoms with Crippen LogP contribution < -0.4 is 0 Å². The van der Waals surface area contributed by atoms with Crippen molar-refractivity contribution in [2.75, 3.05) is 19.8 Å². The maximum Gasteiger partial charge on any atom is 0.0947 e. The third-order valence-corrected chi connectivity index (χ3v) is 3.71. The summed E-state index contributed by atoms with van der Waals surface area (Å²) in [5.74, 6) is 0.354. The Morgan fingerprint density at radius 2 is 2.40 bits per heavy atom. The van der Waals surface area contributed by atoms with Gasteiger partial charge in [-0.15, -0.1) is 0 Å². The first-order valence-corrected chi connectivity index (χ1v) is 7.10. The number of hydrogen-bond acceptors (Lipinski definition) is 4. The quantitative estimate of drug-likeness (QED) is 0.838. The number of fused-ring (bicyclic) bond motifs is 1. The van der Waals surface area contributed by atoms with Gasteiger partial charge in [0.1, 0.15) is 0 Å². The lowest BCUT2D eigenvalue weighted by Gasteiger charge is -2.31. The highest BCUT2D eigenvalue weighted by molar-refractivity contribution is 5.25. The van der Waals surface area contributed by atoms with Gasteiger partial charge in [0.15, 0.2) is 0 Å². The molecule has 0 saturated heterocycles. The van der Waals surface area contributed by atoms with E-state index in [-0.39, 0.29) is 0 Å². The molecule has 2 aromatic rings. The first kappa shape index (κ1) is 13.4. The first-order chi connectivity index (χ1) is 9.76. The number of ether oxygens (including phenoxy) is 1. The molecule has 0 spiro atoms. The number of rotatable bonds is 5. The van der Waals surface area contributed by atoms with Gasteiger partial charge in [0, 0.05) is 56.5 Å². The van der Waals surface area contributed by atoms with Crippen LogP contribution in [0.1, 0.15) is 29.7 Å². The normalized spacial score (nSPS) is 19.2. The molecule has 1 aliphatic rings. The minimum absolute atomic E-state index is 0.354. The van der Waals surface area contributed by atoms with Gasteiger partial charge in [-0.2, -0.15) is 5.10 Å². The Bertz CT molecular complexity index is 547. The SMILES string of the molecule is CCOC[C@H]1CN(Cc2ccoc2)Cc2cn(C)nc21. The highest BCUT2D eigenvalue weighted by Crippen LogP contribution is 2.28. The Morgan fingerprint density at radius 1 is 1.50 bits per heavy atom.